The van der Waals surface area contributed by atoms with E-state index in [0.717, 1.165) is 16.9 Å². The molecule has 1 heterocycles. The lowest BCUT2D eigenvalue weighted by Gasteiger charge is -2.19. The molecule has 0 N–H and O–H groups in total. The molecule has 0 aliphatic carbocycles. The van der Waals surface area contributed by atoms with Crippen molar-refractivity contribution in [2.24, 2.45) is 0 Å². The fourth-order valence-electron chi connectivity index (χ4n) is 3.28. The topological polar surface area (TPSA) is 66.9 Å². The molecule has 0 saturated carbocycles. The van der Waals surface area contributed by atoms with Crippen LogP contribution in [0.1, 0.15) is 44.7 Å². The quantitative estimate of drug-likeness (QED) is 0.693. The Hall–Kier alpha value is -3.15. The molecule has 0 fully saturated rings. The standard InChI is InChI=1S/C22H24N2O4/c1-15-6-11-18-19(13-15)22(27)24(21(18)26)12-4-5-20(25)23(2)14-16-7-9-17(28-3)10-8-16/h6-11,13H,4-5,12,14H2,1-3H3. The number of aryl methyl sites for hydroxylation is 1. The van der Waals surface area contributed by atoms with Crippen LogP contribution in [0.2, 0.25) is 0 Å². The largest absolute Gasteiger partial charge is 0.497 e. The van der Waals surface area contributed by atoms with Crippen molar-refractivity contribution < 1.29 is 19.1 Å². The maximum atomic E-state index is 12.5. The number of amides is 3. The van der Waals surface area contributed by atoms with Gasteiger partial charge in [0, 0.05) is 26.6 Å². The Balaban J connectivity index is 1.51. The van der Waals surface area contributed by atoms with E-state index in [1.54, 1.807) is 31.2 Å². The number of fused-ring (bicyclic) bond motifs is 1. The smallest absolute Gasteiger partial charge is 0.261 e. The number of ether oxygens (including phenoxy) is 1. The van der Waals surface area contributed by atoms with Gasteiger partial charge in [-0.3, -0.25) is 19.3 Å². The van der Waals surface area contributed by atoms with Crippen molar-refractivity contribution in [2.75, 3.05) is 20.7 Å². The highest BCUT2D eigenvalue weighted by Crippen LogP contribution is 2.24. The molecule has 0 unspecified atom stereocenters. The van der Waals surface area contributed by atoms with Crippen LogP contribution in [0.15, 0.2) is 42.5 Å². The van der Waals surface area contributed by atoms with Crippen molar-refractivity contribution in [3.8, 4) is 5.75 Å². The Labute approximate surface area is 164 Å². The van der Waals surface area contributed by atoms with Crippen LogP contribution < -0.4 is 4.74 Å². The summed E-state index contributed by atoms with van der Waals surface area (Å²) in [5.41, 5.74) is 2.84. The summed E-state index contributed by atoms with van der Waals surface area (Å²) in [5, 5.41) is 0. The van der Waals surface area contributed by atoms with Crippen molar-refractivity contribution >= 4 is 17.7 Å². The number of benzene rings is 2. The second-order valence-electron chi connectivity index (χ2n) is 7.01. The predicted octanol–water partition coefficient (Wildman–Crippen LogP) is 3.04. The fraction of sp³-hybridized carbons (Fsp3) is 0.318. The van der Waals surface area contributed by atoms with E-state index < -0.39 is 0 Å². The van der Waals surface area contributed by atoms with Crippen LogP contribution in [0.5, 0.6) is 5.75 Å². The van der Waals surface area contributed by atoms with Crippen molar-refractivity contribution in [3.63, 3.8) is 0 Å². The molecule has 0 saturated heterocycles. The zero-order valence-corrected chi connectivity index (χ0v) is 16.4. The van der Waals surface area contributed by atoms with Gasteiger partial charge in [-0.05, 0) is 43.2 Å². The van der Waals surface area contributed by atoms with E-state index in [2.05, 4.69) is 0 Å². The molecule has 0 atom stereocenters. The minimum Gasteiger partial charge on any atom is -0.497 e. The number of carbonyl (C=O) groups excluding carboxylic acids is 3. The summed E-state index contributed by atoms with van der Waals surface area (Å²) < 4.78 is 5.13. The molecule has 1 aliphatic heterocycles. The van der Waals surface area contributed by atoms with Gasteiger partial charge in [-0.2, -0.15) is 0 Å². The summed E-state index contributed by atoms with van der Waals surface area (Å²) in [6, 6.07) is 12.8. The molecule has 3 rings (SSSR count). The Morgan fingerprint density at radius 3 is 2.39 bits per heavy atom. The third kappa shape index (κ3) is 4.06. The lowest BCUT2D eigenvalue weighted by molar-refractivity contribution is -0.130. The number of nitrogens with zero attached hydrogens (tertiary/aromatic N) is 2. The average molecular weight is 380 g/mol. The van der Waals surface area contributed by atoms with Gasteiger partial charge in [0.1, 0.15) is 5.75 Å². The van der Waals surface area contributed by atoms with Gasteiger partial charge in [-0.1, -0.05) is 23.8 Å². The number of hydrogen-bond donors (Lipinski definition) is 0. The second-order valence-corrected chi connectivity index (χ2v) is 7.01. The number of hydrogen-bond acceptors (Lipinski definition) is 4. The van der Waals surface area contributed by atoms with E-state index >= 15 is 0 Å². The zero-order valence-electron chi connectivity index (χ0n) is 16.4. The number of carbonyl (C=O) groups is 3. The molecular formula is C22H24N2O4. The van der Waals surface area contributed by atoms with Gasteiger partial charge in [0.25, 0.3) is 11.8 Å². The Kier molecular flexibility index (Phi) is 5.78. The molecule has 1 aliphatic rings. The van der Waals surface area contributed by atoms with Gasteiger partial charge >= 0.3 is 0 Å². The average Bonchev–Trinajstić information content (AvgIpc) is 2.92. The Bertz CT molecular complexity index is 905. The third-order valence-electron chi connectivity index (χ3n) is 4.90. The summed E-state index contributed by atoms with van der Waals surface area (Å²) in [6.45, 7) is 2.63. The first-order valence-corrected chi connectivity index (χ1v) is 9.24. The predicted molar refractivity (Wildman–Crippen MR) is 105 cm³/mol. The third-order valence-corrected chi connectivity index (χ3v) is 4.90. The van der Waals surface area contributed by atoms with Crippen molar-refractivity contribution in [1.29, 1.82) is 0 Å². The molecule has 146 valence electrons. The fourth-order valence-corrected chi connectivity index (χ4v) is 3.28. The van der Waals surface area contributed by atoms with E-state index in [0.29, 0.717) is 24.1 Å². The van der Waals surface area contributed by atoms with Gasteiger partial charge < -0.3 is 9.64 Å². The van der Waals surface area contributed by atoms with Crippen molar-refractivity contribution in [2.45, 2.75) is 26.3 Å². The highest BCUT2D eigenvalue weighted by Gasteiger charge is 2.35. The highest BCUT2D eigenvalue weighted by atomic mass is 16.5. The first-order chi connectivity index (χ1) is 13.4. The van der Waals surface area contributed by atoms with Crippen molar-refractivity contribution in [1.82, 2.24) is 9.80 Å². The maximum absolute atomic E-state index is 12.5. The van der Waals surface area contributed by atoms with Gasteiger partial charge in [0.05, 0.1) is 18.2 Å². The van der Waals surface area contributed by atoms with Gasteiger partial charge in [-0.25, -0.2) is 0 Å². The maximum Gasteiger partial charge on any atom is 0.261 e. The van der Waals surface area contributed by atoms with Crippen molar-refractivity contribution in [3.05, 3.63) is 64.7 Å². The molecular weight excluding hydrogens is 356 g/mol. The molecule has 0 bridgehead atoms. The van der Waals surface area contributed by atoms with E-state index in [4.69, 9.17) is 4.74 Å². The molecule has 2 aromatic rings. The van der Waals surface area contributed by atoms with Gasteiger partial charge in [0.2, 0.25) is 5.91 Å². The lowest BCUT2D eigenvalue weighted by Crippen LogP contribution is -2.32. The summed E-state index contributed by atoms with van der Waals surface area (Å²) in [5.74, 6) is 0.193. The summed E-state index contributed by atoms with van der Waals surface area (Å²) in [7, 11) is 3.36. The van der Waals surface area contributed by atoms with E-state index in [9.17, 15) is 14.4 Å². The van der Waals surface area contributed by atoms with Crippen LogP contribution in [0.4, 0.5) is 0 Å². The summed E-state index contributed by atoms with van der Waals surface area (Å²) in [4.78, 5) is 40.1. The molecule has 0 radical (unpaired) electrons. The van der Waals surface area contributed by atoms with Crippen LogP contribution in [0, 0.1) is 6.92 Å². The van der Waals surface area contributed by atoms with E-state index in [1.165, 1.54) is 4.90 Å². The molecule has 2 aromatic carbocycles. The molecule has 6 heteroatoms. The van der Waals surface area contributed by atoms with E-state index in [1.807, 2.05) is 37.3 Å². The molecule has 0 aromatic heterocycles. The van der Waals surface area contributed by atoms with Crippen LogP contribution in [0.25, 0.3) is 0 Å². The molecule has 6 nitrogen and oxygen atoms in total. The summed E-state index contributed by atoms with van der Waals surface area (Å²) in [6.07, 6.45) is 0.718. The Morgan fingerprint density at radius 1 is 1.04 bits per heavy atom. The molecule has 28 heavy (non-hydrogen) atoms. The summed E-state index contributed by atoms with van der Waals surface area (Å²) >= 11 is 0. The Morgan fingerprint density at radius 2 is 1.71 bits per heavy atom. The lowest BCUT2D eigenvalue weighted by atomic mass is 10.1. The first kappa shape index (κ1) is 19.6. The highest BCUT2D eigenvalue weighted by molar-refractivity contribution is 6.21. The van der Waals surface area contributed by atoms with Crippen LogP contribution in [-0.4, -0.2) is 48.2 Å². The monoisotopic (exact) mass is 380 g/mol. The number of methoxy groups -OCH3 is 1. The number of imide groups is 1. The minimum atomic E-state index is -0.279. The van der Waals surface area contributed by atoms with Crippen LogP contribution >= 0.6 is 0 Å². The van der Waals surface area contributed by atoms with E-state index in [-0.39, 0.29) is 30.7 Å². The van der Waals surface area contributed by atoms with Gasteiger partial charge in [-0.15, -0.1) is 0 Å². The van der Waals surface area contributed by atoms with Crippen LogP contribution in [-0.2, 0) is 11.3 Å². The second kappa shape index (κ2) is 8.25. The normalized spacial score (nSPS) is 12.9. The van der Waals surface area contributed by atoms with Crippen LogP contribution in [0.3, 0.4) is 0 Å². The SMILES string of the molecule is COc1ccc(CN(C)C(=O)CCCN2C(=O)c3ccc(C)cc3C2=O)cc1. The molecule has 0 spiro atoms. The number of rotatable bonds is 7. The first-order valence-electron chi connectivity index (χ1n) is 9.24. The zero-order chi connectivity index (χ0) is 20.3. The molecule has 3 amide bonds. The minimum absolute atomic E-state index is 0.0247. The van der Waals surface area contributed by atoms with Gasteiger partial charge in [0.15, 0.2) is 0 Å².